The molecule has 1 saturated carbocycles. The number of fused-ring (bicyclic) bond motifs is 1. The van der Waals surface area contributed by atoms with E-state index in [1.54, 1.807) is 40.8 Å². The molecule has 0 aromatic heterocycles. The van der Waals surface area contributed by atoms with Crippen molar-refractivity contribution in [2.75, 3.05) is 33.3 Å². The van der Waals surface area contributed by atoms with E-state index < -0.39 is 22.6 Å². The molecule has 3 aliphatic heterocycles. The molecule has 3 amide bonds. The maximum Gasteiger partial charge on any atom is 0.247 e. The number of aliphatic hydroxyl groups excluding tert-OH is 1. The van der Waals surface area contributed by atoms with Crippen LogP contribution in [0.2, 0.25) is 0 Å². The molecule has 0 aromatic carbocycles. The Morgan fingerprint density at radius 3 is 2.49 bits per heavy atom. The van der Waals surface area contributed by atoms with Crippen molar-refractivity contribution in [2.45, 2.75) is 74.0 Å². The molecule has 0 aromatic rings. The summed E-state index contributed by atoms with van der Waals surface area (Å²) >= 11 is 1.72. The van der Waals surface area contributed by atoms with Gasteiger partial charge in [-0.15, -0.1) is 24.9 Å². The second kappa shape index (κ2) is 10.7. The molecule has 1 spiro atoms. The molecule has 2 bridgehead atoms. The molecule has 3 heterocycles. The monoisotopic (exact) mass is 503 g/mol. The van der Waals surface area contributed by atoms with Crippen LogP contribution in [0.4, 0.5) is 0 Å². The van der Waals surface area contributed by atoms with Crippen molar-refractivity contribution >= 4 is 29.5 Å². The highest BCUT2D eigenvalue weighted by Crippen LogP contribution is 2.68. The topological polar surface area (TPSA) is 81.2 Å². The summed E-state index contributed by atoms with van der Waals surface area (Å²) in [5.41, 5.74) is 0. The summed E-state index contributed by atoms with van der Waals surface area (Å²) in [6.07, 6.45) is 10.1. The van der Waals surface area contributed by atoms with Crippen molar-refractivity contribution in [3.8, 4) is 0 Å². The first kappa shape index (κ1) is 26.3. The molecule has 194 valence electrons. The molecule has 35 heavy (non-hydrogen) atoms. The molecule has 1 aliphatic carbocycles. The Balaban J connectivity index is 1.74. The second-order valence-corrected chi connectivity index (χ2v) is 12.3. The van der Waals surface area contributed by atoms with Gasteiger partial charge in [0.05, 0.1) is 16.6 Å². The number of hydrogen-bond donors (Lipinski definition) is 1. The Labute approximate surface area is 214 Å². The fourth-order valence-corrected chi connectivity index (χ4v) is 9.62. The first-order chi connectivity index (χ1) is 16.8. The number of rotatable bonds is 10. The number of carbonyl (C=O) groups is 3. The van der Waals surface area contributed by atoms with E-state index in [4.69, 9.17) is 0 Å². The van der Waals surface area contributed by atoms with Gasteiger partial charge < -0.3 is 19.8 Å². The maximum atomic E-state index is 14.4. The van der Waals surface area contributed by atoms with Gasteiger partial charge in [-0.1, -0.05) is 38.3 Å². The Morgan fingerprint density at radius 2 is 1.86 bits per heavy atom. The summed E-state index contributed by atoms with van der Waals surface area (Å²) in [5, 5.41) is 9.61. The van der Waals surface area contributed by atoms with Crippen LogP contribution in [0, 0.1) is 17.8 Å². The van der Waals surface area contributed by atoms with E-state index in [0.717, 1.165) is 32.1 Å². The first-order valence-electron chi connectivity index (χ1n) is 13.2. The van der Waals surface area contributed by atoms with Gasteiger partial charge >= 0.3 is 0 Å². The predicted molar refractivity (Wildman–Crippen MR) is 139 cm³/mol. The van der Waals surface area contributed by atoms with Crippen LogP contribution in [0.3, 0.4) is 0 Å². The third-order valence-corrected chi connectivity index (χ3v) is 10.8. The van der Waals surface area contributed by atoms with Crippen LogP contribution in [0.25, 0.3) is 0 Å². The highest BCUT2D eigenvalue weighted by molar-refractivity contribution is 8.02. The summed E-state index contributed by atoms with van der Waals surface area (Å²) in [7, 11) is 1.76. The van der Waals surface area contributed by atoms with Crippen molar-refractivity contribution < 1.29 is 19.5 Å². The molecular weight excluding hydrogens is 462 g/mol. The number of thioether (sulfide) groups is 1. The summed E-state index contributed by atoms with van der Waals surface area (Å²) in [5.74, 6) is -0.912. The van der Waals surface area contributed by atoms with Gasteiger partial charge in [0.2, 0.25) is 17.7 Å². The lowest BCUT2D eigenvalue weighted by Gasteiger charge is -2.43. The number of amides is 3. The van der Waals surface area contributed by atoms with Gasteiger partial charge in [-0.2, -0.15) is 0 Å². The van der Waals surface area contributed by atoms with Gasteiger partial charge in [0.25, 0.3) is 0 Å². The Bertz CT molecular complexity index is 859. The smallest absolute Gasteiger partial charge is 0.247 e. The normalized spacial score (nSPS) is 34.1. The molecule has 8 heteroatoms. The average molecular weight is 504 g/mol. The second-order valence-electron chi connectivity index (χ2n) is 10.7. The summed E-state index contributed by atoms with van der Waals surface area (Å²) < 4.78 is -0.613. The molecular formula is C27H41N3O4S. The summed E-state index contributed by atoms with van der Waals surface area (Å²) in [6.45, 7) is 11.0. The maximum absolute atomic E-state index is 14.4. The van der Waals surface area contributed by atoms with E-state index in [1.807, 2.05) is 4.90 Å². The Morgan fingerprint density at radius 1 is 1.17 bits per heavy atom. The SMILES string of the molecule is C=CCN(C)C(=O)[C@@H]1[C@@H]2CC(C)C3(S2)C(C(=O)N(CC=C)C2CCCCC2)N(CCCO)C(=O)[C@H]13. The minimum Gasteiger partial charge on any atom is -0.396 e. The molecule has 1 N–H and O–H groups in total. The minimum absolute atomic E-state index is 0.00173. The van der Waals surface area contributed by atoms with Crippen LogP contribution in [-0.2, 0) is 14.4 Å². The number of carbonyl (C=O) groups excluding carboxylic acids is 3. The third kappa shape index (κ3) is 4.24. The summed E-state index contributed by atoms with van der Waals surface area (Å²) in [6, 6.07) is -0.449. The zero-order chi connectivity index (χ0) is 25.3. The standard InChI is InChI=1S/C27H41N3O4S/c1-5-13-28(4)24(32)21-20-17-18(3)27(35-20)22(21)25(33)30(15-10-16-31)23(27)26(34)29(14-6-2)19-11-8-7-9-12-19/h5-6,18-23,31H,1-2,7-17H2,3-4H3/t18?,20-,21+,22-,23?,27?/m0/s1. The van der Waals surface area contributed by atoms with Crippen molar-refractivity contribution in [3.05, 3.63) is 25.3 Å². The Hall–Kier alpha value is -1.80. The zero-order valence-corrected chi connectivity index (χ0v) is 22.0. The van der Waals surface area contributed by atoms with Gasteiger partial charge in [-0.25, -0.2) is 0 Å². The van der Waals surface area contributed by atoms with E-state index in [2.05, 4.69) is 20.1 Å². The quantitative estimate of drug-likeness (QED) is 0.464. The van der Waals surface area contributed by atoms with Crippen LogP contribution in [0.15, 0.2) is 25.3 Å². The lowest BCUT2D eigenvalue weighted by molar-refractivity contribution is -0.145. The number of likely N-dealkylation sites (tertiary alicyclic amines) is 1. The largest absolute Gasteiger partial charge is 0.396 e. The third-order valence-electron chi connectivity index (χ3n) is 8.73. The van der Waals surface area contributed by atoms with Gasteiger partial charge in [0, 0.05) is 44.6 Å². The zero-order valence-electron chi connectivity index (χ0n) is 21.2. The lowest BCUT2D eigenvalue weighted by Crippen LogP contribution is -2.59. The number of nitrogens with zero attached hydrogens (tertiary/aromatic N) is 3. The summed E-state index contributed by atoms with van der Waals surface area (Å²) in [4.78, 5) is 47.4. The minimum atomic E-state index is -0.613. The molecule has 0 radical (unpaired) electrons. The van der Waals surface area contributed by atoms with E-state index >= 15 is 0 Å². The lowest BCUT2D eigenvalue weighted by atomic mass is 9.65. The fourth-order valence-electron chi connectivity index (χ4n) is 7.21. The van der Waals surface area contributed by atoms with Gasteiger partial charge in [-0.05, 0) is 31.6 Å². The number of aliphatic hydroxyl groups is 1. The van der Waals surface area contributed by atoms with Crippen LogP contribution < -0.4 is 0 Å². The van der Waals surface area contributed by atoms with Crippen molar-refractivity contribution in [3.63, 3.8) is 0 Å². The Kier molecular flexibility index (Phi) is 8.01. The highest BCUT2D eigenvalue weighted by Gasteiger charge is 2.76. The fraction of sp³-hybridized carbons (Fsp3) is 0.741. The van der Waals surface area contributed by atoms with Crippen LogP contribution >= 0.6 is 11.8 Å². The molecule has 4 fully saturated rings. The number of likely N-dealkylation sites (N-methyl/N-ethyl adjacent to an activating group) is 1. The van der Waals surface area contributed by atoms with Gasteiger partial charge in [0.15, 0.2) is 0 Å². The van der Waals surface area contributed by atoms with E-state index in [1.165, 1.54) is 6.42 Å². The molecule has 7 nitrogen and oxygen atoms in total. The molecule has 4 aliphatic rings. The molecule has 4 rings (SSSR count). The molecule has 3 saturated heterocycles. The van der Waals surface area contributed by atoms with Gasteiger partial charge in [-0.3, -0.25) is 14.4 Å². The average Bonchev–Trinajstić information content (AvgIpc) is 3.44. The van der Waals surface area contributed by atoms with Crippen molar-refractivity contribution in [2.24, 2.45) is 17.8 Å². The van der Waals surface area contributed by atoms with Crippen LogP contribution in [0.1, 0.15) is 51.9 Å². The van der Waals surface area contributed by atoms with E-state index in [0.29, 0.717) is 26.1 Å². The van der Waals surface area contributed by atoms with E-state index in [-0.39, 0.29) is 41.5 Å². The number of hydrogen-bond acceptors (Lipinski definition) is 5. The first-order valence-corrected chi connectivity index (χ1v) is 14.1. The van der Waals surface area contributed by atoms with Crippen molar-refractivity contribution in [1.29, 1.82) is 0 Å². The molecule has 6 atom stereocenters. The van der Waals surface area contributed by atoms with E-state index in [9.17, 15) is 19.5 Å². The van der Waals surface area contributed by atoms with Gasteiger partial charge in [0.1, 0.15) is 6.04 Å². The van der Waals surface area contributed by atoms with Crippen molar-refractivity contribution in [1.82, 2.24) is 14.7 Å². The highest BCUT2D eigenvalue weighted by atomic mass is 32.2. The molecule has 3 unspecified atom stereocenters. The van der Waals surface area contributed by atoms with Crippen LogP contribution in [-0.4, -0.2) is 92.9 Å². The van der Waals surface area contributed by atoms with Crippen LogP contribution in [0.5, 0.6) is 0 Å². The predicted octanol–water partition coefficient (Wildman–Crippen LogP) is 2.70.